The Morgan fingerprint density at radius 2 is 2.12 bits per heavy atom. The molecule has 0 aromatic heterocycles. The van der Waals surface area contributed by atoms with Crippen LogP contribution in [0.1, 0.15) is 22.3 Å². The second-order valence-electron chi connectivity index (χ2n) is 5.42. The van der Waals surface area contributed by atoms with Crippen LogP contribution in [0.3, 0.4) is 0 Å². The molecular weight excluding hydrogens is 337 g/mol. The van der Waals surface area contributed by atoms with Gasteiger partial charge in [-0.15, -0.1) is 0 Å². The molecule has 5 nitrogen and oxygen atoms in total. The number of hydrogen-bond donors (Lipinski definition) is 2. The molecule has 124 valence electrons. The summed E-state index contributed by atoms with van der Waals surface area (Å²) >= 11 is 6.01. The van der Waals surface area contributed by atoms with Gasteiger partial charge in [-0.25, -0.2) is 4.39 Å². The Labute approximate surface area is 142 Å². The normalized spacial score (nSPS) is 18.9. The Morgan fingerprint density at radius 3 is 2.83 bits per heavy atom. The molecule has 1 aliphatic heterocycles. The molecule has 0 aliphatic carbocycles. The summed E-state index contributed by atoms with van der Waals surface area (Å²) < 4.78 is 18.3. The first-order valence-electron chi connectivity index (χ1n) is 7.06. The molecule has 1 amide bonds. The van der Waals surface area contributed by atoms with E-state index in [2.05, 4.69) is 5.32 Å². The van der Waals surface area contributed by atoms with Crippen molar-refractivity contribution >= 4 is 29.0 Å². The van der Waals surface area contributed by atoms with E-state index in [1.807, 2.05) is 0 Å². The third kappa shape index (κ3) is 2.53. The summed E-state index contributed by atoms with van der Waals surface area (Å²) in [5.41, 5.74) is -1.45. The van der Waals surface area contributed by atoms with Crippen molar-refractivity contribution in [2.45, 2.75) is 12.0 Å². The Kier molecular flexibility index (Phi) is 4.03. The van der Waals surface area contributed by atoms with Crippen LogP contribution < -0.4 is 10.1 Å². The van der Waals surface area contributed by atoms with Gasteiger partial charge in [0.05, 0.1) is 29.8 Å². The van der Waals surface area contributed by atoms with Gasteiger partial charge >= 0.3 is 0 Å². The predicted molar refractivity (Wildman–Crippen MR) is 85.9 cm³/mol. The van der Waals surface area contributed by atoms with E-state index in [1.54, 1.807) is 12.1 Å². The minimum absolute atomic E-state index is 0.0355. The predicted octanol–water partition coefficient (Wildman–Crippen LogP) is 2.90. The van der Waals surface area contributed by atoms with Crippen molar-refractivity contribution in [2.24, 2.45) is 0 Å². The minimum Gasteiger partial charge on any atom is -0.496 e. The van der Waals surface area contributed by atoms with Crippen LogP contribution >= 0.6 is 11.6 Å². The first kappa shape index (κ1) is 16.4. The highest BCUT2D eigenvalue weighted by atomic mass is 35.5. The Balaban J connectivity index is 1.98. The molecule has 2 N–H and O–H groups in total. The molecule has 1 heterocycles. The molecule has 0 spiro atoms. The van der Waals surface area contributed by atoms with E-state index in [-0.39, 0.29) is 27.6 Å². The lowest BCUT2D eigenvalue weighted by molar-refractivity contribution is -0.133. The molecule has 0 bridgehead atoms. The van der Waals surface area contributed by atoms with Gasteiger partial charge in [0.2, 0.25) is 0 Å². The summed E-state index contributed by atoms with van der Waals surface area (Å²) in [7, 11) is 1.30. The fourth-order valence-corrected chi connectivity index (χ4v) is 2.96. The van der Waals surface area contributed by atoms with Crippen molar-refractivity contribution in [3.05, 3.63) is 58.4 Å². The number of Topliss-reactive ketones (excluding diaryl/α,β-unsaturated/α-hetero) is 1. The molecule has 2 aromatic rings. The summed E-state index contributed by atoms with van der Waals surface area (Å²) in [6.45, 7) is 0. The van der Waals surface area contributed by atoms with Crippen molar-refractivity contribution < 1.29 is 23.8 Å². The molecule has 1 aliphatic rings. The lowest BCUT2D eigenvalue weighted by atomic mass is 9.88. The van der Waals surface area contributed by atoms with Gasteiger partial charge in [0.15, 0.2) is 11.4 Å². The van der Waals surface area contributed by atoms with Crippen molar-refractivity contribution in [2.75, 3.05) is 12.4 Å². The zero-order valence-corrected chi connectivity index (χ0v) is 13.4. The minimum atomic E-state index is -2.04. The quantitative estimate of drug-likeness (QED) is 0.832. The number of carbonyl (C=O) groups excluding carboxylic acids is 2. The monoisotopic (exact) mass is 349 g/mol. The number of para-hydroxylation sites is 1. The first-order chi connectivity index (χ1) is 11.4. The number of fused-ring (bicyclic) bond motifs is 1. The van der Waals surface area contributed by atoms with Gasteiger partial charge in [0, 0.05) is 11.6 Å². The van der Waals surface area contributed by atoms with Crippen LogP contribution in [0.15, 0.2) is 36.4 Å². The fraction of sp³-hybridized carbons (Fsp3) is 0.176. The number of ketones is 1. The summed E-state index contributed by atoms with van der Waals surface area (Å²) in [6, 6.07) is 8.10. The summed E-state index contributed by atoms with van der Waals surface area (Å²) in [5, 5.41) is 13.5. The molecule has 24 heavy (non-hydrogen) atoms. The highest BCUT2D eigenvalue weighted by Crippen LogP contribution is 2.42. The van der Waals surface area contributed by atoms with E-state index in [9.17, 15) is 19.1 Å². The average Bonchev–Trinajstić information content (AvgIpc) is 2.80. The van der Waals surface area contributed by atoms with Crippen molar-refractivity contribution in [1.29, 1.82) is 0 Å². The number of ether oxygens (including phenoxy) is 1. The fourth-order valence-electron chi connectivity index (χ4n) is 2.73. The summed E-state index contributed by atoms with van der Waals surface area (Å²) in [4.78, 5) is 24.8. The first-order valence-corrected chi connectivity index (χ1v) is 7.44. The molecule has 0 fully saturated rings. The molecule has 2 aromatic carbocycles. The van der Waals surface area contributed by atoms with Gasteiger partial charge < -0.3 is 15.2 Å². The highest BCUT2D eigenvalue weighted by molar-refractivity contribution is 6.34. The third-order valence-corrected chi connectivity index (χ3v) is 4.27. The molecule has 7 heteroatoms. The van der Waals surface area contributed by atoms with Crippen LogP contribution in [-0.2, 0) is 10.4 Å². The standard InChI is InChI=1S/C17H13ClFNO4/c1-24-14-7-9(19)5-6-10(14)13(21)8-17(23)11-3-2-4-12(18)15(11)20-16(17)22/h2-7,23H,8H2,1H3,(H,20,22). The lowest BCUT2D eigenvalue weighted by Crippen LogP contribution is -2.36. The maximum absolute atomic E-state index is 13.3. The van der Waals surface area contributed by atoms with Crippen LogP contribution in [0.4, 0.5) is 10.1 Å². The Hall–Kier alpha value is -2.44. The number of rotatable bonds is 4. The largest absolute Gasteiger partial charge is 0.496 e. The molecule has 1 atom stereocenters. The van der Waals surface area contributed by atoms with E-state index in [0.29, 0.717) is 0 Å². The van der Waals surface area contributed by atoms with Crippen molar-refractivity contribution in [1.82, 2.24) is 0 Å². The topological polar surface area (TPSA) is 75.6 Å². The van der Waals surface area contributed by atoms with Gasteiger partial charge in [0.1, 0.15) is 11.6 Å². The number of amides is 1. The number of carbonyl (C=O) groups is 2. The smallest absolute Gasteiger partial charge is 0.261 e. The Morgan fingerprint density at radius 1 is 1.38 bits per heavy atom. The zero-order valence-electron chi connectivity index (χ0n) is 12.6. The van der Waals surface area contributed by atoms with Crippen molar-refractivity contribution in [3.63, 3.8) is 0 Å². The van der Waals surface area contributed by atoms with Gasteiger partial charge in [-0.3, -0.25) is 9.59 Å². The maximum atomic E-state index is 13.3. The van der Waals surface area contributed by atoms with Crippen LogP contribution in [-0.4, -0.2) is 23.9 Å². The number of halogens is 2. The molecule has 3 rings (SSSR count). The third-order valence-electron chi connectivity index (χ3n) is 3.95. The number of benzene rings is 2. The van der Waals surface area contributed by atoms with Crippen LogP contribution in [0.2, 0.25) is 5.02 Å². The van der Waals surface area contributed by atoms with Gasteiger partial charge in [-0.1, -0.05) is 23.7 Å². The summed E-state index contributed by atoms with van der Waals surface area (Å²) in [6.07, 6.45) is -0.520. The number of methoxy groups -OCH3 is 1. The van der Waals surface area contributed by atoms with E-state index >= 15 is 0 Å². The van der Waals surface area contributed by atoms with Crippen LogP contribution in [0.5, 0.6) is 5.75 Å². The van der Waals surface area contributed by atoms with E-state index < -0.39 is 29.5 Å². The van der Waals surface area contributed by atoms with E-state index in [1.165, 1.54) is 19.2 Å². The van der Waals surface area contributed by atoms with Crippen LogP contribution in [0.25, 0.3) is 0 Å². The number of aliphatic hydroxyl groups is 1. The number of hydrogen-bond acceptors (Lipinski definition) is 4. The molecule has 1 unspecified atom stereocenters. The number of nitrogens with one attached hydrogen (secondary N) is 1. The molecule has 0 saturated heterocycles. The highest BCUT2D eigenvalue weighted by Gasteiger charge is 2.47. The second kappa shape index (κ2) is 5.89. The average molecular weight is 350 g/mol. The van der Waals surface area contributed by atoms with E-state index in [0.717, 1.165) is 12.1 Å². The SMILES string of the molecule is COc1cc(F)ccc1C(=O)CC1(O)C(=O)Nc2c(Cl)cccc21. The van der Waals surface area contributed by atoms with Gasteiger partial charge in [-0.05, 0) is 18.2 Å². The van der Waals surface area contributed by atoms with E-state index in [4.69, 9.17) is 16.3 Å². The maximum Gasteiger partial charge on any atom is 0.261 e. The molecular formula is C17H13ClFNO4. The van der Waals surface area contributed by atoms with Gasteiger partial charge in [0.25, 0.3) is 5.91 Å². The van der Waals surface area contributed by atoms with Gasteiger partial charge in [-0.2, -0.15) is 0 Å². The zero-order chi connectivity index (χ0) is 17.5. The second-order valence-corrected chi connectivity index (χ2v) is 5.83. The Bertz CT molecular complexity index is 854. The van der Waals surface area contributed by atoms with Crippen LogP contribution in [0, 0.1) is 5.82 Å². The van der Waals surface area contributed by atoms with Crippen molar-refractivity contribution in [3.8, 4) is 5.75 Å². The molecule has 0 saturated carbocycles. The summed E-state index contributed by atoms with van der Waals surface area (Å²) in [5.74, 6) is -1.82. The molecule has 0 radical (unpaired) electrons. The lowest BCUT2D eigenvalue weighted by Gasteiger charge is -2.20. The number of anilines is 1.